The van der Waals surface area contributed by atoms with Crippen LogP contribution in [0.5, 0.6) is 0 Å². The monoisotopic (exact) mass is 516 g/mol. The Morgan fingerprint density at radius 3 is 2.33 bits per heavy atom. The third-order valence-electron chi connectivity index (χ3n) is 4.97. The van der Waals surface area contributed by atoms with Crippen molar-refractivity contribution in [3.05, 3.63) is 106 Å². The van der Waals surface area contributed by atoms with Crippen molar-refractivity contribution < 1.29 is 0 Å². The number of guanidine groups is 1. The van der Waals surface area contributed by atoms with Crippen LogP contribution in [0.15, 0.2) is 82.7 Å². The van der Waals surface area contributed by atoms with Crippen molar-refractivity contribution in [3.63, 3.8) is 0 Å². The van der Waals surface area contributed by atoms with E-state index in [1.54, 1.807) is 23.7 Å². The summed E-state index contributed by atoms with van der Waals surface area (Å²) in [5.41, 5.74) is 4.85. The average Bonchev–Trinajstić information content (AvgIpc) is 2.73. The molecule has 1 aromatic heterocycles. The molecule has 0 spiro atoms. The maximum atomic E-state index is 11.9. The second kappa shape index (κ2) is 11.5. The lowest BCUT2D eigenvalue weighted by Crippen LogP contribution is -2.38. The van der Waals surface area contributed by atoms with Crippen LogP contribution < -0.4 is 10.9 Å². The normalized spacial score (nSPS) is 11.0. The van der Waals surface area contributed by atoms with Crippen molar-refractivity contribution in [2.75, 3.05) is 14.1 Å². The molecule has 0 radical (unpaired) electrons. The smallest absolute Gasteiger partial charge is 0.250 e. The van der Waals surface area contributed by atoms with Gasteiger partial charge in [-0.05, 0) is 35.2 Å². The summed E-state index contributed by atoms with van der Waals surface area (Å²) in [4.78, 5) is 18.4. The van der Waals surface area contributed by atoms with Crippen LogP contribution in [0.25, 0.3) is 0 Å². The van der Waals surface area contributed by atoms with Crippen molar-refractivity contribution in [3.8, 4) is 0 Å². The summed E-state index contributed by atoms with van der Waals surface area (Å²) in [7, 11) is 3.85. The third-order valence-corrected chi connectivity index (χ3v) is 4.97. The first-order valence-electron chi connectivity index (χ1n) is 9.76. The van der Waals surface area contributed by atoms with Crippen molar-refractivity contribution in [1.29, 1.82) is 0 Å². The predicted molar refractivity (Wildman–Crippen MR) is 135 cm³/mol. The summed E-state index contributed by atoms with van der Waals surface area (Å²) >= 11 is 0. The molecule has 0 unspecified atom stereocenters. The number of nitrogens with zero attached hydrogens (tertiary/aromatic N) is 3. The zero-order valence-electron chi connectivity index (χ0n) is 17.7. The van der Waals surface area contributed by atoms with Gasteiger partial charge >= 0.3 is 0 Å². The largest absolute Gasteiger partial charge is 0.352 e. The van der Waals surface area contributed by atoms with E-state index in [1.165, 1.54) is 16.7 Å². The van der Waals surface area contributed by atoms with E-state index in [1.807, 2.05) is 19.3 Å². The van der Waals surface area contributed by atoms with E-state index in [9.17, 15) is 4.79 Å². The van der Waals surface area contributed by atoms with E-state index >= 15 is 0 Å². The number of aryl methyl sites for hydroxylation is 1. The summed E-state index contributed by atoms with van der Waals surface area (Å²) in [6.45, 7) is 4.20. The fraction of sp³-hybridized carbons (Fsp3) is 0.250. The molecule has 1 N–H and O–H groups in total. The Morgan fingerprint density at radius 2 is 1.67 bits per heavy atom. The Balaban J connectivity index is 0.00000320. The Labute approximate surface area is 195 Å². The number of aromatic nitrogens is 1. The lowest BCUT2D eigenvalue weighted by molar-refractivity contribution is 0.475. The molecule has 1 heterocycles. The molecule has 30 heavy (non-hydrogen) atoms. The highest BCUT2D eigenvalue weighted by atomic mass is 127. The topological polar surface area (TPSA) is 49.6 Å². The molecule has 3 rings (SSSR count). The van der Waals surface area contributed by atoms with Crippen LogP contribution in [0.1, 0.15) is 22.3 Å². The molecule has 2 aromatic carbocycles. The fourth-order valence-electron chi connectivity index (χ4n) is 3.23. The molecule has 0 aliphatic rings. The van der Waals surface area contributed by atoms with E-state index in [2.05, 4.69) is 70.7 Å². The van der Waals surface area contributed by atoms with Gasteiger partial charge in [-0.3, -0.25) is 9.79 Å². The first-order valence-corrected chi connectivity index (χ1v) is 9.76. The third kappa shape index (κ3) is 6.45. The van der Waals surface area contributed by atoms with E-state index in [4.69, 9.17) is 0 Å². The minimum Gasteiger partial charge on any atom is -0.352 e. The van der Waals surface area contributed by atoms with E-state index < -0.39 is 0 Å². The van der Waals surface area contributed by atoms with E-state index in [0.29, 0.717) is 13.1 Å². The quantitative estimate of drug-likeness (QED) is 0.306. The van der Waals surface area contributed by atoms with E-state index in [-0.39, 0.29) is 29.5 Å². The number of aliphatic imine (C=N–C) groups is 1. The molecule has 0 bridgehead atoms. The van der Waals surface area contributed by atoms with Gasteiger partial charge in [0.05, 0.1) is 6.54 Å². The molecule has 0 saturated carbocycles. The van der Waals surface area contributed by atoms with Gasteiger partial charge in [0.2, 0.25) is 0 Å². The van der Waals surface area contributed by atoms with Crippen LogP contribution in [0.4, 0.5) is 0 Å². The zero-order chi connectivity index (χ0) is 20.6. The van der Waals surface area contributed by atoms with E-state index in [0.717, 1.165) is 18.1 Å². The number of nitrogens with one attached hydrogen (secondary N) is 1. The van der Waals surface area contributed by atoms with Gasteiger partial charge in [-0.15, -0.1) is 24.0 Å². The molecular formula is C24H29IN4O. The lowest BCUT2D eigenvalue weighted by atomic mass is 10.1. The van der Waals surface area contributed by atoms with Crippen LogP contribution in [-0.4, -0.2) is 29.5 Å². The summed E-state index contributed by atoms with van der Waals surface area (Å²) < 4.78 is 1.70. The molecule has 0 aliphatic heterocycles. The van der Waals surface area contributed by atoms with Crippen molar-refractivity contribution in [1.82, 2.24) is 14.8 Å². The maximum Gasteiger partial charge on any atom is 0.250 e. The van der Waals surface area contributed by atoms with Crippen molar-refractivity contribution >= 4 is 29.9 Å². The van der Waals surface area contributed by atoms with Gasteiger partial charge in [0.15, 0.2) is 5.96 Å². The van der Waals surface area contributed by atoms with Crippen LogP contribution in [0.3, 0.4) is 0 Å². The second-order valence-electron chi connectivity index (χ2n) is 7.17. The van der Waals surface area contributed by atoms with Gasteiger partial charge < -0.3 is 14.8 Å². The van der Waals surface area contributed by atoms with Crippen LogP contribution in [-0.2, 0) is 19.6 Å². The predicted octanol–water partition coefficient (Wildman–Crippen LogP) is 4.03. The SMILES string of the molecule is CN=C(NCc1ccc(Cn2ccccc2=O)cc1)N(C)Cc1ccccc1C.I. The highest BCUT2D eigenvalue weighted by molar-refractivity contribution is 14.0. The molecule has 0 fully saturated rings. The summed E-state index contributed by atoms with van der Waals surface area (Å²) in [6, 6.07) is 21.9. The standard InChI is InChI=1S/C24H28N4O.HI/c1-19-8-4-5-9-22(19)18-27(3)24(25-2)26-16-20-11-13-21(14-12-20)17-28-15-7-6-10-23(28)29;/h4-15H,16-18H2,1-3H3,(H,25,26);1H. The fourth-order valence-corrected chi connectivity index (χ4v) is 3.23. The molecule has 158 valence electrons. The minimum absolute atomic E-state index is 0. The Bertz CT molecular complexity index is 1030. The van der Waals surface area contributed by atoms with Crippen LogP contribution >= 0.6 is 24.0 Å². The van der Waals surface area contributed by atoms with Gasteiger partial charge in [-0.25, -0.2) is 0 Å². The maximum absolute atomic E-state index is 11.9. The first-order chi connectivity index (χ1) is 14.1. The number of hydrogen-bond acceptors (Lipinski definition) is 2. The number of pyridine rings is 1. The van der Waals surface area contributed by atoms with Gasteiger partial charge in [-0.1, -0.05) is 54.6 Å². The first kappa shape index (κ1) is 23.7. The molecule has 0 atom stereocenters. The highest BCUT2D eigenvalue weighted by Gasteiger charge is 2.08. The molecule has 0 amide bonds. The molecule has 5 nitrogen and oxygen atoms in total. The number of rotatable bonds is 6. The van der Waals surface area contributed by atoms with Crippen LogP contribution in [0, 0.1) is 6.92 Å². The number of hydrogen-bond donors (Lipinski definition) is 1. The summed E-state index contributed by atoms with van der Waals surface area (Å²) in [5.74, 6) is 0.855. The summed E-state index contributed by atoms with van der Waals surface area (Å²) in [6.07, 6.45) is 1.81. The van der Waals surface area contributed by atoms with Crippen molar-refractivity contribution in [2.24, 2.45) is 4.99 Å². The molecule has 0 saturated heterocycles. The second-order valence-corrected chi connectivity index (χ2v) is 7.17. The van der Waals surface area contributed by atoms with Gasteiger partial charge in [0.25, 0.3) is 5.56 Å². The number of benzene rings is 2. The van der Waals surface area contributed by atoms with Crippen molar-refractivity contribution in [2.45, 2.75) is 26.6 Å². The molecule has 0 aliphatic carbocycles. The Morgan fingerprint density at radius 1 is 1.00 bits per heavy atom. The average molecular weight is 516 g/mol. The van der Waals surface area contributed by atoms with Gasteiger partial charge in [-0.2, -0.15) is 0 Å². The molecule has 3 aromatic rings. The van der Waals surface area contributed by atoms with Gasteiger partial charge in [0.1, 0.15) is 0 Å². The van der Waals surface area contributed by atoms with Crippen LogP contribution in [0.2, 0.25) is 0 Å². The zero-order valence-corrected chi connectivity index (χ0v) is 20.0. The lowest BCUT2D eigenvalue weighted by Gasteiger charge is -2.23. The number of halogens is 1. The Kier molecular flexibility index (Phi) is 9.11. The summed E-state index contributed by atoms with van der Waals surface area (Å²) in [5, 5.41) is 3.42. The van der Waals surface area contributed by atoms with Gasteiger partial charge in [0, 0.05) is 39.4 Å². The highest BCUT2D eigenvalue weighted by Crippen LogP contribution is 2.10. The molecule has 6 heteroatoms. The molecular weight excluding hydrogens is 487 g/mol. The Hall–Kier alpha value is -2.61. The minimum atomic E-state index is 0.